The number of hydrogen-bond acceptors (Lipinski definition) is 6. The molecule has 8 nitrogen and oxygen atoms in total. The molecule has 0 aliphatic carbocycles. The van der Waals surface area contributed by atoms with Crippen LogP contribution in [-0.4, -0.2) is 61.1 Å². The monoisotopic (exact) mass is 361 g/mol. The van der Waals surface area contributed by atoms with Crippen molar-refractivity contribution in [2.75, 3.05) is 13.1 Å². The Hall–Kier alpha value is -2.26. The lowest BCUT2D eigenvalue weighted by Crippen LogP contribution is -2.47. The number of nitrogens with one attached hydrogen (secondary N) is 1. The molecule has 132 valence electrons. The van der Waals surface area contributed by atoms with Crippen LogP contribution in [0.1, 0.15) is 34.6 Å². The highest BCUT2D eigenvalue weighted by Gasteiger charge is 2.40. The number of carboxylic acid groups (broad SMARTS) is 1. The molecule has 2 atom stereocenters. The Labute approximate surface area is 148 Å². The van der Waals surface area contributed by atoms with Gasteiger partial charge in [-0.3, -0.25) is 14.8 Å². The van der Waals surface area contributed by atoms with Crippen molar-refractivity contribution < 1.29 is 14.7 Å². The van der Waals surface area contributed by atoms with E-state index in [2.05, 4.69) is 20.1 Å². The minimum Gasteiger partial charge on any atom is -0.477 e. The first kappa shape index (κ1) is 16.2. The first-order valence-electron chi connectivity index (χ1n) is 8.27. The SMILES string of the molecule is O=C(O)c1[nH]ncc1CN1C[C@@H]2CC[C@H](C1)N(Cc1cscn1)C2=O. The van der Waals surface area contributed by atoms with Crippen LogP contribution in [0.2, 0.25) is 0 Å². The number of aromatic carboxylic acids is 1. The van der Waals surface area contributed by atoms with Crippen molar-refractivity contribution in [1.29, 1.82) is 0 Å². The van der Waals surface area contributed by atoms with Gasteiger partial charge < -0.3 is 10.0 Å². The van der Waals surface area contributed by atoms with Crippen LogP contribution in [-0.2, 0) is 17.9 Å². The van der Waals surface area contributed by atoms with E-state index < -0.39 is 5.97 Å². The van der Waals surface area contributed by atoms with Crippen molar-refractivity contribution in [3.05, 3.63) is 34.0 Å². The fourth-order valence-electron chi connectivity index (χ4n) is 3.81. The normalized spacial score (nSPS) is 23.8. The molecule has 5 heterocycles. The zero-order valence-corrected chi connectivity index (χ0v) is 14.4. The van der Waals surface area contributed by atoms with Gasteiger partial charge in [0.15, 0.2) is 0 Å². The van der Waals surface area contributed by atoms with Gasteiger partial charge in [0, 0.05) is 36.6 Å². The molecule has 0 spiro atoms. The number of hydrogen-bond donors (Lipinski definition) is 2. The van der Waals surface area contributed by atoms with E-state index in [1.165, 1.54) is 11.3 Å². The lowest BCUT2D eigenvalue weighted by atomic mass is 9.94. The summed E-state index contributed by atoms with van der Waals surface area (Å²) in [7, 11) is 0. The van der Waals surface area contributed by atoms with Gasteiger partial charge in [0.05, 0.1) is 29.9 Å². The Balaban J connectivity index is 1.51. The van der Waals surface area contributed by atoms with Gasteiger partial charge in [0.1, 0.15) is 5.69 Å². The second-order valence-electron chi connectivity index (χ2n) is 6.64. The highest BCUT2D eigenvalue weighted by molar-refractivity contribution is 7.07. The van der Waals surface area contributed by atoms with Crippen molar-refractivity contribution in [1.82, 2.24) is 25.0 Å². The predicted molar refractivity (Wildman–Crippen MR) is 90.0 cm³/mol. The molecule has 0 saturated carbocycles. The Morgan fingerprint density at radius 3 is 3.00 bits per heavy atom. The molecule has 25 heavy (non-hydrogen) atoms. The number of carbonyl (C=O) groups is 2. The maximum absolute atomic E-state index is 12.8. The number of rotatable bonds is 5. The first-order valence-corrected chi connectivity index (χ1v) is 9.21. The van der Waals surface area contributed by atoms with E-state index in [4.69, 9.17) is 0 Å². The summed E-state index contributed by atoms with van der Waals surface area (Å²) < 4.78 is 0. The number of aromatic amines is 1. The quantitative estimate of drug-likeness (QED) is 0.829. The zero-order valence-electron chi connectivity index (χ0n) is 13.6. The number of thiazole rings is 1. The van der Waals surface area contributed by atoms with E-state index >= 15 is 0 Å². The van der Waals surface area contributed by atoms with Gasteiger partial charge in [-0.25, -0.2) is 9.78 Å². The topological polar surface area (TPSA) is 102 Å². The fraction of sp³-hybridized carbons (Fsp3) is 0.500. The molecule has 2 aromatic rings. The molecule has 0 unspecified atom stereocenters. The maximum atomic E-state index is 12.8. The van der Waals surface area contributed by atoms with Gasteiger partial charge in [0.2, 0.25) is 5.91 Å². The third-order valence-electron chi connectivity index (χ3n) is 5.01. The van der Waals surface area contributed by atoms with Crippen molar-refractivity contribution in [2.24, 2.45) is 5.92 Å². The minimum absolute atomic E-state index is 0.0300. The summed E-state index contributed by atoms with van der Waals surface area (Å²) in [5, 5.41) is 17.6. The fourth-order valence-corrected chi connectivity index (χ4v) is 4.36. The second-order valence-corrected chi connectivity index (χ2v) is 7.36. The third-order valence-corrected chi connectivity index (χ3v) is 5.65. The maximum Gasteiger partial charge on any atom is 0.354 e. The molecule has 2 N–H and O–H groups in total. The summed E-state index contributed by atoms with van der Waals surface area (Å²) >= 11 is 1.54. The van der Waals surface area contributed by atoms with Gasteiger partial charge >= 0.3 is 5.97 Å². The summed E-state index contributed by atoms with van der Waals surface area (Å²) in [6, 6.07) is 0.146. The van der Waals surface area contributed by atoms with E-state index in [0.29, 0.717) is 25.2 Å². The lowest BCUT2D eigenvalue weighted by Gasteiger charge is -2.35. The van der Waals surface area contributed by atoms with Gasteiger partial charge in [-0.05, 0) is 12.8 Å². The van der Waals surface area contributed by atoms with Crippen LogP contribution in [0.5, 0.6) is 0 Å². The molecule has 5 rings (SSSR count). The summed E-state index contributed by atoms with van der Waals surface area (Å²) in [6.45, 7) is 2.45. The van der Waals surface area contributed by atoms with Gasteiger partial charge in [-0.15, -0.1) is 11.3 Å². The number of amides is 1. The molecule has 2 bridgehead atoms. The molecule has 0 aromatic carbocycles. The Kier molecular flexibility index (Phi) is 4.26. The Morgan fingerprint density at radius 2 is 2.24 bits per heavy atom. The standard InChI is InChI=1S/C16H19N5O3S/c22-15-10-1-2-13(21(15)6-12-8-25-9-17-12)7-20(4-10)5-11-3-18-19-14(11)16(23)24/h3,8-10,13H,1-2,4-7H2,(H,18,19)(H,23,24)/t10-,13+/m0/s1. The predicted octanol–water partition coefficient (Wildman–Crippen LogP) is 1.19. The molecule has 2 aromatic heterocycles. The molecule has 3 fully saturated rings. The molecular weight excluding hydrogens is 342 g/mol. The minimum atomic E-state index is -1.01. The number of H-pyrrole nitrogens is 1. The van der Waals surface area contributed by atoms with Gasteiger partial charge in [-0.2, -0.15) is 5.10 Å². The number of nitrogens with zero attached hydrogens (tertiary/aromatic N) is 4. The molecule has 9 heteroatoms. The number of piperidine rings is 1. The van der Waals surface area contributed by atoms with Gasteiger partial charge in [0.25, 0.3) is 0 Å². The van der Waals surface area contributed by atoms with Crippen LogP contribution in [0.15, 0.2) is 17.1 Å². The van der Waals surface area contributed by atoms with Crippen LogP contribution in [0.25, 0.3) is 0 Å². The van der Waals surface area contributed by atoms with E-state index in [0.717, 1.165) is 25.1 Å². The summed E-state index contributed by atoms with van der Waals surface area (Å²) in [5.41, 5.74) is 3.50. The van der Waals surface area contributed by atoms with Crippen LogP contribution >= 0.6 is 11.3 Å². The Bertz CT molecular complexity index is 775. The average molecular weight is 361 g/mol. The first-order chi connectivity index (χ1) is 12.1. The Morgan fingerprint density at radius 1 is 1.36 bits per heavy atom. The summed E-state index contributed by atoms with van der Waals surface area (Å²) in [6.07, 6.45) is 3.43. The third kappa shape index (κ3) is 3.16. The average Bonchev–Trinajstić information content (AvgIpc) is 3.18. The van der Waals surface area contributed by atoms with Crippen molar-refractivity contribution in [3.8, 4) is 0 Å². The molecule has 3 saturated heterocycles. The van der Waals surface area contributed by atoms with Crippen molar-refractivity contribution in [3.63, 3.8) is 0 Å². The molecular formula is C16H19N5O3S. The van der Waals surface area contributed by atoms with E-state index in [9.17, 15) is 14.7 Å². The van der Waals surface area contributed by atoms with Crippen molar-refractivity contribution in [2.45, 2.75) is 32.0 Å². The van der Waals surface area contributed by atoms with Gasteiger partial charge in [-0.1, -0.05) is 0 Å². The summed E-state index contributed by atoms with van der Waals surface area (Å²) in [5.74, 6) is -0.846. The van der Waals surface area contributed by atoms with E-state index in [1.807, 2.05) is 10.3 Å². The number of fused-ring (bicyclic) bond motifs is 4. The van der Waals surface area contributed by atoms with Crippen LogP contribution in [0.4, 0.5) is 0 Å². The van der Waals surface area contributed by atoms with Crippen LogP contribution in [0, 0.1) is 5.92 Å². The molecule has 3 aliphatic heterocycles. The number of carboxylic acids is 1. The van der Waals surface area contributed by atoms with Crippen LogP contribution in [0.3, 0.4) is 0 Å². The smallest absolute Gasteiger partial charge is 0.354 e. The molecule has 1 amide bonds. The summed E-state index contributed by atoms with van der Waals surface area (Å²) in [4.78, 5) is 32.5. The number of carbonyl (C=O) groups excluding carboxylic acids is 1. The van der Waals surface area contributed by atoms with E-state index in [1.54, 1.807) is 11.7 Å². The largest absolute Gasteiger partial charge is 0.477 e. The lowest BCUT2D eigenvalue weighted by molar-refractivity contribution is -0.140. The highest BCUT2D eigenvalue weighted by atomic mass is 32.1. The molecule has 3 aliphatic rings. The highest BCUT2D eigenvalue weighted by Crippen LogP contribution is 2.31. The van der Waals surface area contributed by atoms with Crippen molar-refractivity contribution >= 4 is 23.2 Å². The molecule has 0 radical (unpaired) electrons. The zero-order chi connectivity index (χ0) is 17.4. The van der Waals surface area contributed by atoms with E-state index in [-0.39, 0.29) is 23.6 Å². The second kappa shape index (κ2) is 6.57. The van der Waals surface area contributed by atoms with Crippen LogP contribution < -0.4 is 0 Å². The number of aromatic nitrogens is 3.